The summed E-state index contributed by atoms with van der Waals surface area (Å²) in [5, 5.41) is 7.49. The Hall–Kier alpha value is -2.16. The lowest BCUT2D eigenvalue weighted by Gasteiger charge is -2.34. The molecule has 0 spiro atoms. The second kappa shape index (κ2) is 9.00. The van der Waals surface area contributed by atoms with Crippen LogP contribution in [0.2, 0.25) is 4.34 Å². The van der Waals surface area contributed by atoms with Gasteiger partial charge in [-0.3, -0.25) is 4.79 Å². The summed E-state index contributed by atoms with van der Waals surface area (Å²) in [4.78, 5) is 21.2. The summed E-state index contributed by atoms with van der Waals surface area (Å²) < 4.78 is 8.27. The molecule has 0 atom stereocenters. The van der Waals surface area contributed by atoms with Crippen LogP contribution >= 0.6 is 22.9 Å². The van der Waals surface area contributed by atoms with E-state index in [2.05, 4.69) is 34.2 Å². The Balaban J connectivity index is 1.31. The molecule has 1 aliphatic carbocycles. The van der Waals surface area contributed by atoms with Gasteiger partial charge in [-0.2, -0.15) is 0 Å². The molecule has 0 unspecified atom stereocenters. The first-order valence-corrected chi connectivity index (χ1v) is 12.5. The number of aromatic nitrogens is 3. The third kappa shape index (κ3) is 4.63. The van der Waals surface area contributed by atoms with Crippen molar-refractivity contribution in [2.45, 2.75) is 64.1 Å². The molecule has 1 saturated carbocycles. The fraction of sp³-hybridized carbons (Fsp3) is 0.522. The first-order chi connectivity index (χ1) is 15.5. The normalized spacial score (nSPS) is 17.9. The number of nitrogens with zero attached hydrogens (tertiary/aromatic N) is 4. The topological polar surface area (TPSA) is 76.2 Å². The van der Waals surface area contributed by atoms with Crippen LogP contribution in [-0.2, 0) is 6.54 Å². The van der Waals surface area contributed by atoms with Crippen LogP contribution in [0.15, 0.2) is 28.9 Å². The highest BCUT2D eigenvalue weighted by atomic mass is 35.5. The van der Waals surface area contributed by atoms with Crippen molar-refractivity contribution in [3.8, 4) is 10.6 Å². The molecule has 2 aliphatic rings. The largest absolute Gasteiger partial charge is 0.355 e. The minimum absolute atomic E-state index is 0.0545. The average molecular weight is 474 g/mol. The first kappa shape index (κ1) is 21.7. The zero-order valence-corrected chi connectivity index (χ0v) is 20.0. The Morgan fingerprint density at radius 1 is 1.28 bits per heavy atom. The molecule has 1 amide bonds. The number of carbonyl (C=O) groups is 1. The van der Waals surface area contributed by atoms with Crippen LogP contribution in [0, 0.1) is 0 Å². The monoisotopic (exact) mass is 473 g/mol. The minimum Gasteiger partial charge on any atom is -0.355 e. The number of likely N-dealkylation sites (tertiary alicyclic amines) is 1. The first-order valence-electron chi connectivity index (χ1n) is 11.3. The maximum Gasteiger partial charge on any atom is 0.269 e. The molecule has 4 heterocycles. The Morgan fingerprint density at radius 2 is 2.06 bits per heavy atom. The van der Waals surface area contributed by atoms with Crippen LogP contribution in [0.1, 0.15) is 67.5 Å². The molecule has 9 heteroatoms. The lowest BCUT2D eigenvalue weighted by atomic mass is 10.0. The molecule has 5 rings (SSSR count). The molecule has 1 aliphatic heterocycles. The number of imidazole rings is 1. The molecular formula is C23H28ClN5O2S. The van der Waals surface area contributed by atoms with Gasteiger partial charge in [0.2, 0.25) is 0 Å². The van der Waals surface area contributed by atoms with Gasteiger partial charge in [-0.05, 0) is 51.7 Å². The highest BCUT2D eigenvalue weighted by Gasteiger charge is 2.32. The zero-order chi connectivity index (χ0) is 22.2. The smallest absolute Gasteiger partial charge is 0.269 e. The fourth-order valence-corrected chi connectivity index (χ4v) is 5.33. The van der Waals surface area contributed by atoms with Crippen molar-refractivity contribution in [1.82, 2.24) is 24.9 Å². The van der Waals surface area contributed by atoms with Crippen molar-refractivity contribution in [3.05, 3.63) is 45.9 Å². The number of thiophene rings is 1. The summed E-state index contributed by atoms with van der Waals surface area (Å²) in [5.41, 5.74) is 1.37. The number of nitrogens with one attached hydrogen (secondary N) is 1. The predicted molar refractivity (Wildman–Crippen MR) is 125 cm³/mol. The summed E-state index contributed by atoms with van der Waals surface area (Å²) in [5.74, 6) is 2.02. The molecule has 7 nitrogen and oxygen atoms in total. The molecule has 0 bridgehead atoms. The highest BCUT2D eigenvalue weighted by Crippen LogP contribution is 2.40. The molecule has 1 N–H and O–H groups in total. The molecule has 0 radical (unpaired) electrons. The van der Waals surface area contributed by atoms with Gasteiger partial charge in [0.15, 0.2) is 5.76 Å². The van der Waals surface area contributed by atoms with E-state index in [4.69, 9.17) is 16.1 Å². The Morgan fingerprint density at radius 3 is 2.72 bits per heavy atom. The Bertz CT molecular complexity index is 1090. The molecule has 3 aromatic rings. The van der Waals surface area contributed by atoms with Gasteiger partial charge >= 0.3 is 0 Å². The lowest BCUT2D eigenvalue weighted by Crippen LogP contribution is -2.46. The van der Waals surface area contributed by atoms with E-state index in [0.717, 1.165) is 55.2 Å². The van der Waals surface area contributed by atoms with Crippen LogP contribution < -0.4 is 5.32 Å². The zero-order valence-electron chi connectivity index (χ0n) is 18.4. The van der Waals surface area contributed by atoms with Crippen LogP contribution in [0.3, 0.4) is 0 Å². The second-order valence-corrected chi connectivity index (χ2v) is 10.7. The number of amides is 1. The average Bonchev–Trinajstić information content (AvgIpc) is 3.15. The van der Waals surface area contributed by atoms with E-state index >= 15 is 0 Å². The summed E-state index contributed by atoms with van der Waals surface area (Å²) in [6.45, 7) is 6.94. The summed E-state index contributed by atoms with van der Waals surface area (Å²) in [6.07, 6.45) is 5.90. The van der Waals surface area contributed by atoms with Gasteiger partial charge in [0.25, 0.3) is 5.91 Å². The molecule has 0 aromatic carbocycles. The van der Waals surface area contributed by atoms with Crippen LogP contribution in [-0.4, -0.2) is 50.7 Å². The maximum atomic E-state index is 13.2. The number of piperidine rings is 1. The maximum absolute atomic E-state index is 13.2. The number of hydrogen-bond donors (Lipinski definition) is 1. The van der Waals surface area contributed by atoms with E-state index in [1.165, 1.54) is 11.3 Å². The molecule has 2 fully saturated rings. The van der Waals surface area contributed by atoms with Gasteiger partial charge in [-0.15, -0.1) is 11.3 Å². The summed E-state index contributed by atoms with van der Waals surface area (Å²) in [7, 11) is 0. The van der Waals surface area contributed by atoms with Gasteiger partial charge in [0, 0.05) is 37.2 Å². The molecule has 3 aromatic heterocycles. The van der Waals surface area contributed by atoms with Gasteiger partial charge in [-0.25, -0.2) is 4.98 Å². The number of halogens is 1. The Kier molecular flexibility index (Phi) is 6.09. The number of hydrogen-bond acceptors (Lipinski definition) is 6. The number of rotatable bonds is 7. The van der Waals surface area contributed by atoms with E-state index in [-0.39, 0.29) is 11.9 Å². The minimum atomic E-state index is -0.0545. The van der Waals surface area contributed by atoms with Gasteiger partial charge in [0.05, 0.1) is 22.0 Å². The van der Waals surface area contributed by atoms with E-state index in [1.807, 2.05) is 22.8 Å². The van der Waals surface area contributed by atoms with E-state index < -0.39 is 0 Å². The van der Waals surface area contributed by atoms with Gasteiger partial charge in [0.1, 0.15) is 17.2 Å². The van der Waals surface area contributed by atoms with Crippen molar-refractivity contribution in [3.63, 3.8) is 0 Å². The molecule has 170 valence electrons. The predicted octanol–water partition coefficient (Wildman–Crippen LogP) is 4.78. The van der Waals surface area contributed by atoms with Gasteiger partial charge in [-0.1, -0.05) is 16.8 Å². The van der Waals surface area contributed by atoms with Crippen molar-refractivity contribution >= 4 is 28.8 Å². The summed E-state index contributed by atoms with van der Waals surface area (Å²) >= 11 is 7.51. The van der Waals surface area contributed by atoms with Crippen molar-refractivity contribution in [2.75, 3.05) is 13.1 Å². The van der Waals surface area contributed by atoms with Crippen molar-refractivity contribution in [1.29, 1.82) is 0 Å². The van der Waals surface area contributed by atoms with Crippen LogP contribution in [0.4, 0.5) is 0 Å². The molecular weight excluding hydrogens is 446 g/mol. The van der Waals surface area contributed by atoms with E-state index in [9.17, 15) is 4.79 Å². The fourth-order valence-electron chi connectivity index (χ4n) is 4.34. The van der Waals surface area contributed by atoms with E-state index in [1.54, 1.807) is 6.20 Å². The van der Waals surface area contributed by atoms with Crippen molar-refractivity contribution in [2.24, 2.45) is 0 Å². The quantitative estimate of drug-likeness (QED) is 0.534. The Labute approximate surface area is 196 Å². The molecule has 32 heavy (non-hydrogen) atoms. The standard InChI is InChI=1S/C23H28ClN5O2S/c1-14(2)28-9-7-16(8-10-28)26-23(30)18-12-25-22(15-3-4-15)29(18)13-17-11-19(31-27-17)20-5-6-21(24)32-20/h5-6,11-12,14-16H,3-4,7-10,13H2,1-2H3,(H,26,30). The lowest BCUT2D eigenvalue weighted by molar-refractivity contribution is 0.0891. The molecule has 1 saturated heterocycles. The second-order valence-electron chi connectivity index (χ2n) is 9.03. The summed E-state index contributed by atoms with van der Waals surface area (Å²) in [6, 6.07) is 6.44. The third-order valence-corrected chi connectivity index (χ3v) is 7.60. The van der Waals surface area contributed by atoms with Crippen LogP contribution in [0.25, 0.3) is 10.6 Å². The van der Waals surface area contributed by atoms with Crippen LogP contribution in [0.5, 0.6) is 0 Å². The van der Waals surface area contributed by atoms with Gasteiger partial charge < -0.3 is 19.3 Å². The SMILES string of the molecule is CC(C)N1CCC(NC(=O)c2cnc(C3CC3)n2Cc2cc(-c3ccc(Cl)s3)on2)CC1. The highest BCUT2D eigenvalue weighted by molar-refractivity contribution is 7.19. The third-order valence-electron chi connectivity index (χ3n) is 6.35. The van der Waals surface area contributed by atoms with Crippen molar-refractivity contribution < 1.29 is 9.32 Å². The van der Waals surface area contributed by atoms with E-state index in [0.29, 0.717) is 34.3 Å². The number of carbonyl (C=O) groups excluding carboxylic acids is 1.